The number of aryl methyl sites for hydroxylation is 2. The lowest BCUT2D eigenvalue weighted by atomic mass is 10.0. The van der Waals surface area contributed by atoms with Gasteiger partial charge in [0.2, 0.25) is 0 Å². The first-order chi connectivity index (χ1) is 8.20. The fraction of sp³-hybridized carbons (Fsp3) is 0.357. The number of unbranched alkanes of at least 4 members (excludes halogenated alkanes) is 1. The summed E-state index contributed by atoms with van der Waals surface area (Å²) in [5.41, 5.74) is 8.34. The molecule has 0 spiro atoms. The van der Waals surface area contributed by atoms with Crippen molar-refractivity contribution in [1.82, 2.24) is 4.98 Å². The molecule has 2 aromatic rings. The highest BCUT2D eigenvalue weighted by Gasteiger charge is 2.05. The Morgan fingerprint density at radius 3 is 2.82 bits per heavy atom. The average Bonchev–Trinajstić information content (AvgIpc) is 2.30. The minimum absolute atomic E-state index is 0.189. The van der Waals surface area contributed by atoms with E-state index >= 15 is 0 Å². The smallest absolute Gasteiger partial charge is 0.124 e. The van der Waals surface area contributed by atoms with Crippen LogP contribution < -0.4 is 5.73 Å². The van der Waals surface area contributed by atoms with Crippen LogP contribution in [0.15, 0.2) is 24.3 Å². The summed E-state index contributed by atoms with van der Waals surface area (Å²) in [7, 11) is 0. The molecule has 0 aliphatic heterocycles. The molecule has 0 aliphatic carbocycles. The molecule has 90 valence electrons. The molecule has 0 atom stereocenters. The van der Waals surface area contributed by atoms with E-state index in [1.54, 1.807) is 6.07 Å². The molecule has 0 unspecified atom stereocenters. The van der Waals surface area contributed by atoms with E-state index in [2.05, 4.69) is 4.98 Å². The van der Waals surface area contributed by atoms with E-state index in [-0.39, 0.29) is 5.82 Å². The summed E-state index contributed by atoms with van der Waals surface area (Å²) in [5.74, 6) is -0.189. The minimum atomic E-state index is -0.189. The normalized spacial score (nSPS) is 11.0. The van der Waals surface area contributed by atoms with E-state index in [9.17, 15) is 4.39 Å². The number of nitrogens with two attached hydrogens (primary N) is 1. The first-order valence-electron chi connectivity index (χ1n) is 5.96. The maximum Gasteiger partial charge on any atom is 0.124 e. The van der Waals surface area contributed by atoms with Crippen molar-refractivity contribution >= 4 is 10.9 Å². The van der Waals surface area contributed by atoms with Crippen LogP contribution in [0.1, 0.15) is 24.1 Å². The van der Waals surface area contributed by atoms with Gasteiger partial charge in [0.15, 0.2) is 0 Å². The van der Waals surface area contributed by atoms with Crippen molar-refractivity contribution in [2.45, 2.75) is 26.2 Å². The highest BCUT2D eigenvalue weighted by molar-refractivity contribution is 5.82. The topological polar surface area (TPSA) is 38.9 Å². The molecule has 0 fully saturated rings. The largest absolute Gasteiger partial charge is 0.330 e. The first-order valence-corrected chi connectivity index (χ1v) is 5.96. The van der Waals surface area contributed by atoms with Gasteiger partial charge in [-0.2, -0.15) is 0 Å². The van der Waals surface area contributed by atoms with Crippen LogP contribution in [0.25, 0.3) is 10.9 Å². The van der Waals surface area contributed by atoms with Gasteiger partial charge in [0.05, 0.1) is 5.52 Å². The van der Waals surface area contributed by atoms with Gasteiger partial charge >= 0.3 is 0 Å². The Kier molecular flexibility index (Phi) is 3.69. The van der Waals surface area contributed by atoms with Crippen molar-refractivity contribution in [3.8, 4) is 0 Å². The average molecular weight is 232 g/mol. The van der Waals surface area contributed by atoms with Gasteiger partial charge in [0, 0.05) is 11.1 Å². The lowest BCUT2D eigenvalue weighted by molar-refractivity contribution is 0.626. The second-order valence-corrected chi connectivity index (χ2v) is 4.34. The molecular weight excluding hydrogens is 215 g/mol. The third-order valence-electron chi connectivity index (χ3n) is 2.88. The quantitative estimate of drug-likeness (QED) is 0.823. The van der Waals surface area contributed by atoms with E-state index in [1.165, 1.54) is 6.07 Å². The predicted octanol–water partition coefficient (Wildman–Crippen LogP) is 2.96. The number of halogens is 1. The number of nitrogens with zero attached hydrogens (tertiary/aromatic N) is 1. The number of rotatable bonds is 4. The molecule has 0 aliphatic rings. The van der Waals surface area contributed by atoms with Crippen LogP contribution in [0.2, 0.25) is 0 Å². The molecule has 2 rings (SSSR count). The van der Waals surface area contributed by atoms with Crippen LogP contribution in [0.5, 0.6) is 0 Å². The Morgan fingerprint density at radius 1 is 1.24 bits per heavy atom. The standard InChI is InChI=1S/C14H17FN2/c1-10-5-6-12-9-13(15)8-11(14(12)17-10)4-2-3-7-16/h5-6,8-9H,2-4,7,16H2,1H3. The third kappa shape index (κ3) is 2.80. The van der Waals surface area contributed by atoms with Crippen molar-refractivity contribution in [2.75, 3.05) is 6.54 Å². The molecule has 0 saturated carbocycles. The molecule has 0 amide bonds. The third-order valence-corrected chi connectivity index (χ3v) is 2.88. The molecule has 0 bridgehead atoms. The van der Waals surface area contributed by atoms with Gasteiger partial charge in [-0.3, -0.25) is 4.98 Å². The zero-order chi connectivity index (χ0) is 12.3. The highest BCUT2D eigenvalue weighted by Crippen LogP contribution is 2.21. The van der Waals surface area contributed by atoms with Crippen LogP contribution in [0.4, 0.5) is 4.39 Å². The van der Waals surface area contributed by atoms with E-state index < -0.39 is 0 Å². The molecule has 1 aromatic heterocycles. The van der Waals surface area contributed by atoms with E-state index in [0.717, 1.165) is 41.4 Å². The summed E-state index contributed by atoms with van der Waals surface area (Å²) in [4.78, 5) is 4.50. The molecule has 0 radical (unpaired) electrons. The van der Waals surface area contributed by atoms with Gasteiger partial charge in [-0.25, -0.2) is 4.39 Å². The maximum absolute atomic E-state index is 13.5. The monoisotopic (exact) mass is 232 g/mol. The summed E-state index contributed by atoms with van der Waals surface area (Å²) in [6, 6.07) is 6.96. The lowest BCUT2D eigenvalue weighted by Crippen LogP contribution is -2.00. The number of pyridine rings is 1. The van der Waals surface area contributed by atoms with Gasteiger partial charge in [0.25, 0.3) is 0 Å². The van der Waals surface area contributed by atoms with Gasteiger partial charge in [-0.1, -0.05) is 6.07 Å². The van der Waals surface area contributed by atoms with Crippen LogP contribution in [-0.4, -0.2) is 11.5 Å². The molecule has 0 saturated heterocycles. The first kappa shape index (κ1) is 12.0. The van der Waals surface area contributed by atoms with E-state index in [1.807, 2.05) is 19.1 Å². The van der Waals surface area contributed by atoms with Crippen molar-refractivity contribution in [1.29, 1.82) is 0 Å². The van der Waals surface area contributed by atoms with Crippen LogP contribution in [0, 0.1) is 12.7 Å². The van der Waals surface area contributed by atoms with Gasteiger partial charge in [-0.05, 0) is 56.5 Å². The zero-order valence-corrected chi connectivity index (χ0v) is 10.0. The Balaban J connectivity index is 2.40. The van der Waals surface area contributed by atoms with E-state index in [4.69, 9.17) is 5.73 Å². The van der Waals surface area contributed by atoms with Gasteiger partial charge in [0.1, 0.15) is 5.82 Å². The van der Waals surface area contributed by atoms with Crippen molar-refractivity contribution in [3.63, 3.8) is 0 Å². The number of benzene rings is 1. The van der Waals surface area contributed by atoms with Gasteiger partial charge < -0.3 is 5.73 Å². The van der Waals surface area contributed by atoms with Crippen LogP contribution in [-0.2, 0) is 6.42 Å². The molecule has 17 heavy (non-hydrogen) atoms. The SMILES string of the molecule is Cc1ccc2cc(F)cc(CCCCN)c2n1. The second kappa shape index (κ2) is 5.23. The van der Waals surface area contributed by atoms with E-state index in [0.29, 0.717) is 6.54 Å². The molecule has 2 N–H and O–H groups in total. The number of fused-ring (bicyclic) bond motifs is 1. The molecule has 1 heterocycles. The highest BCUT2D eigenvalue weighted by atomic mass is 19.1. The van der Waals surface area contributed by atoms with Crippen molar-refractivity contribution < 1.29 is 4.39 Å². The maximum atomic E-state index is 13.5. The summed E-state index contributed by atoms with van der Waals surface area (Å²) in [6.07, 6.45) is 2.77. The summed E-state index contributed by atoms with van der Waals surface area (Å²) >= 11 is 0. The van der Waals surface area contributed by atoms with Gasteiger partial charge in [-0.15, -0.1) is 0 Å². The molecular formula is C14H17FN2. The van der Waals surface area contributed by atoms with Crippen LogP contribution in [0.3, 0.4) is 0 Å². The molecule has 1 aromatic carbocycles. The zero-order valence-electron chi connectivity index (χ0n) is 10.0. The Hall–Kier alpha value is -1.48. The summed E-state index contributed by atoms with van der Waals surface area (Å²) in [6.45, 7) is 2.63. The fourth-order valence-electron chi connectivity index (χ4n) is 2.02. The second-order valence-electron chi connectivity index (χ2n) is 4.34. The van der Waals surface area contributed by atoms with Crippen LogP contribution >= 0.6 is 0 Å². The van der Waals surface area contributed by atoms with Crippen molar-refractivity contribution in [3.05, 3.63) is 41.3 Å². The predicted molar refractivity (Wildman–Crippen MR) is 68.4 cm³/mol. The lowest BCUT2D eigenvalue weighted by Gasteiger charge is -2.07. The summed E-state index contributed by atoms with van der Waals surface area (Å²) in [5, 5.41) is 0.873. The summed E-state index contributed by atoms with van der Waals surface area (Å²) < 4.78 is 13.5. The number of hydrogen-bond donors (Lipinski definition) is 1. The minimum Gasteiger partial charge on any atom is -0.330 e. The Labute approximate surface area is 101 Å². The van der Waals surface area contributed by atoms with Crippen molar-refractivity contribution in [2.24, 2.45) is 5.73 Å². The Morgan fingerprint density at radius 2 is 2.06 bits per heavy atom. The number of aromatic nitrogens is 1. The molecule has 2 nitrogen and oxygen atoms in total. The number of hydrogen-bond acceptors (Lipinski definition) is 2. The Bertz CT molecular complexity index is 523. The fourth-order valence-corrected chi connectivity index (χ4v) is 2.02. The molecule has 3 heteroatoms.